The molecule has 0 amide bonds. The van der Waals surface area contributed by atoms with Gasteiger partial charge in [0, 0.05) is 24.6 Å². The molecule has 0 aliphatic carbocycles. The highest BCUT2D eigenvalue weighted by Crippen LogP contribution is 2.37. The van der Waals surface area contributed by atoms with Gasteiger partial charge in [-0.15, -0.1) is 0 Å². The monoisotopic (exact) mass is 268 g/mol. The van der Waals surface area contributed by atoms with Crippen LogP contribution < -0.4 is 5.32 Å². The molecular weight excluding hydrogens is 257 g/mol. The normalized spacial score (nSPS) is 16.4. The summed E-state index contributed by atoms with van der Waals surface area (Å²) < 4.78 is 43.9. The fourth-order valence-corrected chi connectivity index (χ4v) is 2.01. The Hall–Kier alpha value is -1.82. The summed E-state index contributed by atoms with van der Waals surface area (Å²) in [6.07, 6.45) is -2.97. The van der Waals surface area contributed by atoms with E-state index >= 15 is 0 Å². The van der Waals surface area contributed by atoms with Gasteiger partial charge in [0.05, 0.1) is 11.3 Å². The van der Waals surface area contributed by atoms with Gasteiger partial charge in [0.2, 0.25) is 5.89 Å². The highest BCUT2D eigenvalue weighted by Gasteiger charge is 2.34. The Morgan fingerprint density at radius 2 is 1.95 bits per heavy atom. The minimum Gasteiger partial charge on any atom is -0.444 e. The molecule has 2 heterocycles. The maximum Gasteiger partial charge on any atom is 0.417 e. The van der Waals surface area contributed by atoms with Crippen molar-refractivity contribution in [2.24, 2.45) is 0 Å². The number of nitrogens with one attached hydrogen (secondary N) is 1. The van der Waals surface area contributed by atoms with Crippen LogP contribution in [-0.4, -0.2) is 18.1 Å². The predicted molar refractivity (Wildman–Crippen MR) is 62.6 cm³/mol. The fourth-order valence-electron chi connectivity index (χ4n) is 2.01. The molecule has 1 fully saturated rings. The van der Waals surface area contributed by atoms with Crippen molar-refractivity contribution in [1.29, 1.82) is 0 Å². The molecule has 1 aromatic heterocycles. The third-order valence-corrected chi connectivity index (χ3v) is 3.18. The van der Waals surface area contributed by atoms with Crippen molar-refractivity contribution in [3.05, 3.63) is 41.8 Å². The van der Waals surface area contributed by atoms with E-state index in [0.29, 0.717) is 5.69 Å². The molecule has 6 heteroatoms. The molecule has 0 saturated carbocycles. The van der Waals surface area contributed by atoms with Gasteiger partial charge >= 0.3 is 6.18 Å². The average Bonchev–Trinajstić information content (AvgIpc) is 2.75. The van der Waals surface area contributed by atoms with E-state index in [1.54, 1.807) is 6.07 Å². The second kappa shape index (κ2) is 4.38. The van der Waals surface area contributed by atoms with E-state index in [-0.39, 0.29) is 17.4 Å². The minimum atomic E-state index is -4.41. The Balaban J connectivity index is 1.99. The number of oxazole rings is 1. The molecule has 1 N–H and O–H groups in total. The second-order valence-electron chi connectivity index (χ2n) is 4.48. The lowest BCUT2D eigenvalue weighted by molar-refractivity contribution is -0.137. The van der Waals surface area contributed by atoms with E-state index in [9.17, 15) is 13.2 Å². The maximum atomic E-state index is 12.9. The molecule has 19 heavy (non-hydrogen) atoms. The third-order valence-electron chi connectivity index (χ3n) is 3.18. The Morgan fingerprint density at radius 3 is 2.58 bits per heavy atom. The first-order valence-electron chi connectivity index (χ1n) is 5.88. The third kappa shape index (κ3) is 2.23. The molecule has 0 radical (unpaired) electrons. The molecule has 100 valence electrons. The number of nitrogens with zero attached hydrogens (tertiary/aromatic N) is 1. The van der Waals surface area contributed by atoms with E-state index in [0.717, 1.165) is 19.2 Å². The predicted octanol–water partition coefficient (Wildman–Crippen LogP) is 3.05. The van der Waals surface area contributed by atoms with Gasteiger partial charge in [-0.05, 0) is 12.1 Å². The summed E-state index contributed by atoms with van der Waals surface area (Å²) in [4.78, 5) is 4.17. The van der Waals surface area contributed by atoms with Crippen molar-refractivity contribution in [3.8, 4) is 11.5 Å². The number of alkyl halides is 3. The lowest BCUT2D eigenvalue weighted by atomic mass is 10.0. The average molecular weight is 268 g/mol. The highest BCUT2D eigenvalue weighted by atomic mass is 19.4. The van der Waals surface area contributed by atoms with Crippen molar-refractivity contribution in [3.63, 3.8) is 0 Å². The van der Waals surface area contributed by atoms with Crippen LogP contribution in [0.25, 0.3) is 11.5 Å². The second-order valence-corrected chi connectivity index (χ2v) is 4.48. The molecule has 1 aliphatic rings. The topological polar surface area (TPSA) is 38.1 Å². The lowest BCUT2D eigenvalue weighted by Crippen LogP contribution is -2.40. The first-order valence-corrected chi connectivity index (χ1v) is 5.88. The minimum absolute atomic E-state index is 0.0199. The van der Waals surface area contributed by atoms with E-state index in [1.807, 2.05) is 0 Å². The maximum absolute atomic E-state index is 12.9. The zero-order valence-corrected chi connectivity index (χ0v) is 9.87. The summed E-state index contributed by atoms with van der Waals surface area (Å²) >= 11 is 0. The van der Waals surface area contributed by atoms with Crippen LogP contribution in [0.2, 0.25) is 0 Å². The number of aromatic nitrogens is 1. The molecule has 1 saturated heterocycles. The molecule has 0 unspecified atom stereocenters. The number of hydrogen-bond acceptors (Lipinski definition) is 3. The molecule has 0 spiro atoms. The number of halogens is 3. The smallest absolute Gasteiger partial charge is 0.417 e. The highest BCUT2D eigenvalue weighted by molar-refractivity contribution is 5.59. The van der Waals surface area contributed by atoms with Gasteiger partial charge in [0.15, 0.2) is 0 Å². The summed E-state index contributed by atoms with van der Waals surface area (Å²) in [5.41, 5.74) is -0.0469. The zero-order valence-electron chi connectivity index (χ0n) is 9.87. The first kappa shape index (κ1) is 12.2. The first-order chi connectivity index (χ1) is 9.05. The summed E-state index contributed by atoms with van der Waals surface area (Å²) in [6.45, 7) is 1.57. The van der Waals surface area contributed by atoms with Crippen molar-refractivity contribution in [2.45, 2.75) is 12.1 Å². The van der Waals surface area contributed by atoms with Crippen LogP contribution in [0.3, 0.4) is 0 Å². The van der Waals surface area contributed by atoms with Gasteiger partial charge in [-0.1, -0.05) is 12.1 Å². The Kier molecular flexibility index (Phi) is 2.82. The zero-order chi connectivity index (χ0) is 13.5. The van der Waals surface area contributed by atoms with Crippen molar-refractivity contribution < 1.29 is 17.6 Å². The quantitative estimate of drug-likeness (QED) is 0.909. The Bertz CT molecular complexity index is 588. The van der Waals surface area contributed by atoms with Gasteiger partial charge in [0.25, 0.3) is 0 Å². The van der Waals surface area contributed by atoms with Gasteiger partial charge in [-0.25, -0.2) is 4.98 Å². The van der Waals surface area contributed by atoms with E-state index < -0.39 is 11.7 Å². The van der Waals surface area contributed by atoms with E-state index in [4.69, 9.17) is 4.42 Å². The summed E-state index contributed by atoms with van der Waals surface area (Å²) in [5.74, 6) is 0.255. The van der Waals surface area contributed by atoms with E-state index in [2.05, 4.69) is 10.3 Å². The standard InChI is InChI=1S/C13H11F3N2O/c14-13(15,16)10-4-2-1-3-9(10)12-18-11(7-19-12)8-5-17-6-8/h1-4,7-8,17H,5-6H2. The van der Waals surface area contributed by atoms with Crippen LogP contribution >= 0.6 is 0 Å². The number of rotatable bonds is 2. The Morgan fingerprint density at radius 1 is 1.21 bits per heavy atom. The van der Waals surface area contributed by atoms with Gasteiger partial charge in [-0.2, -0.15) is 13.2 Å². The largest absolute Gasteiger partial charge is 0.444 e. The van der Waals surface area contributed by atoms with Gasteiger partial charge in [-0.3, -0.25) is 0 Å². The summed E-state index contributed by atoms with van der Waals surface area (Å²) in [5, 5.41) is 3.08. The van der Waals surface area contributed by atoms with Crippen LogP contribution in [0.15, 0.2) is 34.9 Å². The molecular formula is C13H11F3N2O. The fraction of sp³-hybridized carbons (Fsp3) is 0.308. The van der Waals surface area contributed by atoms with Crippen LogP contribution in [-0.2, 0) is 6.18 Å². The Labute approximate surface area is 107 Å². The van der Waals surface area contributed by atoms with Crippen molar-refractivity contribution in [2.75, 3.05) is 13.1 Å². The van der Waals surface area contributed by atoms with Crippen molar-refractivity contribution in [1.82, 2.24) is 10.3 Å². The van der Waals surface area contributed by atoms with Gasteiger partial charge < -0.3 is 9.73 Å². The molecule has 2 aromatic rings. The lowest BCUT2D eigenvalue weighted by Gasteiger charge is -2.24. The SMILES string of the molecule is FC(F)(F)c1ccccc1-c1nc(C2CNC2)co1. The van der Waals surface area contributed by atoms with Crippen LogP contribution in [0.4, 0.5) is 13.2 Å². The van der Waals surface area contributed by atoms with Crippen LogP contribution in [0, 0.1) is 0 Å². The summed E-state index contributed by atoms with van der Waals surface area (Å²) in [6, 6.07) is 5.30. The molecule has 0 atom stereocenters. The van der Waals surface area contributed by atoms with Crippen LogP contribution in [0.5, 0.6) is 0 Å². The summed E-state index contributed by atoms with van der Waals surface area (Å²) in [7, 11) is 0. The molecule has 3 rings (SSSR count). The molecule has 1 aromatic carbocycles. The molecule has 1 aliphatic heterocycles. The molecule has 3 nitrogen and oxygen atoms in total. The number of benzene rings is 1. The van der Waals surface area contributed by atoms with Gasteiger partial charge in [0.1, 0.15) is 6.26 Å². The van der Waals surface area contributed by atoms with Crippen molar-refractivity contribution >= 4 is 0 Å². The number of hydrogen-bond donors (Lipinski definition) is 1. The van der Waals surface area contributed by atoms with Crippen LogP contribution in [0.1, 0.15) is 17.2 Å². The molecule has 0 bridgehead atoms. The van der Waals surface area contributed by atoms with E-state index in [1.165, 1.54) is 18.4 Å².